The van der Waals surface area contributed by atoms with E-state index in [-0.39, 0.29) is 24.3 Å². The molecule has 0 unspecified atom stereocenters. The summed E-state index contributed by atoms with van der Waals surface area (Å²) in [5, 5.41) is 6.40. The van der Waals surface area contributed by atoms with Crippen LogP contribution in [0.4, 0.5) is 22.7 Å². The number of esters is 2. The lowest BCUT2D eigenvalue weighted by molar-refractivity contribution is 0.0513. The number of hydrogen-bond donors (Lipinski definition) is 2. The molecule has 0 amide bonds. The summed E-state index contributed by atoms with van der Waals surface area (Å²) in [7, 11) is 3.17. The van der Waals surface area contributed by atoms with Gasteiger partial charge in [0, 0.05) is 11.4 Å². The molecule has 34 heavy (non-hydrogen) atoms. The third-order valence-electron chi connectivity index (χ3n) is 4.89. The van der Waals surface area contributed by atoms with Crippen LogP contribution in [0.1, 0.15) is 34.6 Å². The molecule has 3 aromatic carbocycles. The average Bonchev–Trinajstić information content (AvgIpc) is 2.85. The highest BCUT2D eigenvalue weighted by Crippen LogP contribution is 2.32. The number of methoxy groups -OCH3 is 2. The molecule has 0 saturated heterocycles. The molecule has 0 aliphatic carbocycles. The third-order valence-corrected chi connectivity index (χ3v) is 4.89. The van der Waals surface area contributed by atoms with Crippen molar-refractivity contribution in [2.75, 3.05) is 38.1 Å². The van der Waals surface area contributed by atoms with Crippen molar-refractivity contribution in [2.24, 2.45) is 0 Å². The van der Waals surface area contributed by atoms with Crippen LogP contribution in [-0.2, 0) is 9.47 Å². The molecule has 8 heteroatoms. The first-order valence-corrected chi connectivity index (χ1v) is 10.8. The molecule has 0 aliphatic heterocycles. The largest absolute Gasteiger partial charge is 0.497 e. The monoisotopic (exact) mass is 464 g/mol. The quantitative estimate of drug-likeness (QED) is 0.378. The van der Waals surface area contributed by atoms with Gasteiger partial charge in [0.1, 0.15) is 11.5 Å². The fraction of sp³-hybridized carbons (Fsp3) is 0.231. The molecule has 0 bridgehead atoms. The molecule has 3 rings (SSSR count). The van der Waals surface area contributed by atoms with E-state index in [1.165, 1.54) is 0 Å². The molecular formula is C26H28N2O6. The topological polar surface area (TPSA) is 95.1 Å². The van der Waals surface area contributed by atoms with E-state index in [9.17, 15) is 9.59 Å². The zero-order valence-electron chi connectivity index (χ0n) is 19.6. The number of ether oxygens (including phenoxy) is 4. The van der Waals surface area contributed by atoms with Gasteiger partial charge in [-0.2, -0.15) is 0 Å². The molecular weight excluding hydrogens is 436 g/mol. The molecule has 3 aromatic rings. The fourth-order valence-electron chi connectivity index (χ4n) is 3.22. The molecule has 0 aliphatic rings. The van der Waals surface area contributed by atoms with Crippen molar-refractivity contribution >= 4 is 34.7 Å². The minimum absolute atomic E-state index is 0.210. The van der Waals surface area contributed by atoms with Crippen molar-refractivity contribution in [1.29, 1.82) is 0 Å². The van der Waals surface area contributed by atoms with Crippen LogP contribution in [0.5, 0.6) is 11.5 Å². The minimum Gasteiger partial charge on any atom is -0.497 e. The van der Waals surface area contributed by atoms with Crippen LogP contribution in [0.15, 0.2) is 60.7 Å². The van der Waals surface area contributed by atoms with Crippen molar-refractivity contribution in [1.82, 2.24) is 0 Å². The summed E-state index contributed by atoms with van der Waals surface area (Å²) in [6.07, 6.45) is 0. The van der Waals surface area contributed by atoms with Crippen molar-refractivity contribution in [3.8, 4) is 11.5 Å². The summed E-state index contributed by atoms with van der Waals surface area (Å²) in [6, 6.07) is 17.6. The van der Waals surface area contributed by atoms with E-state index in [4.69, 9.17) is 18.9 Å². The number of carbonyl (C=O) groups is 2. The van der Waals surface area contributed by atoms with E-state index in [2.05, 4.69) is 10.6 Å². The Kier molecular flexibility index (Phi) is 8.34. The molecule has 178 valence electrons. The van der Waals surface area contributed by atoms with Crippen molar-refractivity contribution < 1.29 is 28.5 Å². The van der Waals surface area contributed by atoms with E-state index < -0.39 is 11.9 Å². The van der Waals surface area contributed by atoms with Crippen LogP contribution in [0.25, 0.3) is 0 Å². The van der Waals surface area contributed by atoms with Gasteiger partial charge < -0.3 is 29.6 Å². The van der Waals surface area contributed by atoms with Gasteiger partial charge in [0.25, 0.3) is 0 Å². The van der Waals surface area contributed by atoms with Crippen LogP contribution in [-0.4, -0.2) is 39.4 Å². The van der Waals surface area contributed by atoms with Gasteiger partial charge in [-0.3, -0.25) is 0 Å². The predicted octanol–water partition coefficient (Wildman–Crippen LogP) is 5.54. The Balaban J connectivity index is 2.07. The van der Waals surface area contributed by atoms with E-state index in [1.807, 2.05) is 0 Å². The maximum atomic E-state index is 12.8. The summed E-state index contributed by atoms with van der Waals surface area (Å²) in [4.78, 5) is 25.6. The summed E-state index contributed by atoms with van der Waals surface area (Å²) in [6.45, 7) is 3.89. The Hall–Kier alpha value is -4.20. The van der Waals surface area contributed by atoms with Crippen LogP contribution in [0, 0.1) is 0 Å². The Morgan fingerprint density at radius 3 is 1.29 bits per heavy atom. The predicted molar refractivity (Wildman–Crippen MR) is 131 cm³/mol. The Labute approximate surface area is 198 Å². The lowest BCUT2D eigenvalue weighted by atomic mass is 10.0. The first-order chi connectivity index (χ1) is 16.5. The number of rotatable bonds is 10. The fourth-order valence-corrected chi connectivity index (χ4v) is 3.22. The minimum atomic E-state index is -0.522. The highest BCUT2D eigenvalue weighted by Gasteiger charge is 2.22. The first-order valence-electron chi connectivity index (χ1n) is 10.8. The number of anilines is 4. The van der Waals surface area contributed by atoms with Crippen molar-refractivity contribution in [3.05, 3.63) is 71.8 Å². The van der Waals surface area contributed by atoms with E-state index in [0.29, 0.717) is 34.2 Å². The van der Waals surface area contributed by atoms with Gasteiger partial charge in [0.15, 0.2) is 0 Å². The zero-order chi connectivity index (χ0) is 24.5. The van der Waals surface area contributed by atoms with E-state index in [0.717, 1.165) is 0 Å². The van der Waals surface area contributed by atoms with Gasteiger partial charge in [-0.05, 0) is 74.5 Å². The molecule has 0 radical (unpaired) electrons. The van der Waals surface area contributed by atoms with Crippen LogP contribution in [0.2, 0.25) is 0 Å². The Morgan fingerprint density at radius 2 is 1.00 bits per heavy atom. The molecule has 0 aromatic heterocycles. The van der Waals surface area contributed by atoms with Gasteiger partial charge in [0.05, 0.1) is 49.9 Å². The van der Waals surface area contributed by atoms with Crippen LogP contribution < -0.4 is 20.1 Å². The highest BCUT2D eigenvalue weighted by atomic mass is 16.5. The standard InChI is InChI=1S/C26H28N2O6/c1-5-33-25(29)21-15-24(28-18-9-13-20(32-4)14-10-18)22(26(30)34-6-2)16-23(21)27-17-7-11-19(31-3)12-8-17/h7-16,27-28H,5-6H2,1-4H3. The summed E-state index contributed by atoms with van der Waals surface area (Å²) >= 11 is 0. The lowest BCUT2D eigenvalue weighted by Crippen LogP contribution is -2.13. The molecule has 0 atom stereocenters. The van der Waals surface area contributed by atoms with Gasteiger partial charge in [0.2, 0.25) is 0 Å². The maximum absolute atomic E-state index is 12.8. The van der Waals surface area contributed by atoms with Crippen molar-refractivity contribution in [2.45, 2.75) is 13.8 Å². The molecule has 0 heterocycles. The third kappa shape index (κ3) is 5.98. The van der Waals surface area contributed by atoms with E-state index in [1.54, 1.807) is 88.7 Å². The van der Waals surface area contributed by atoms with Gasteiger partial charge in [-0.25, -0.2) is 9.59 Å². The summed E-state index contributed by atoms with van der Waals surface area (Å²) in [5.41, 5.74) is 2.76. The van der Waals surface area contributed by atoms with Crippen LogP contribution >= 0.6 is 0 Å². The Bertz CT molecular complexity index is 1040. The first kappa shape index (κ1) is 24.4. The van der Waals surface area contributed by atoms with Crippen LogP contribution in [0.3, 0.4) is 0 Å². The summed E-state index contributed by atoms with van der Waals surface area (Å²) < 4.78 is 20.9. The highest BCUT2D eigenvalue weighted by molar-refractivity contribution is 6.04. The number of carbonyl (C=O) groups excluding carboxylic acids is 2. The molecule has 0 spiro atoms. The zero-order valence-corrected chi connectivity index (χ0v) is 19.6. The smallest absolute Gasteiger partial charge is 0.340 e. The second kappa shape index (κ2) is 11.6. The maximum Gasteiger partial charge on any atom is 0.340 e. The second-order valence-corrected chi connectivity index (χ2v) is 7.09. The average molecular weight is 465 g/mol. The van der Waals surface area contributed by atoms with Gasteiger partial charge in [-0.15, -0.1) is 0 Å². The number of benzene rings is 3. The van der Waals surface area contributed by atoms with Crippen molar-refractivity contribution in [3.63, 3.8) is 0 Å². The lowest BCUT2D eigenvalue weighted by Gasteiger charge is -2.18. The van der Waals surface area contributed by atoms with E-state index >= 15 is 0 Å². The number of hydrogen-bond acceptors (Lipinski definition) is 8. The normalized spacial score (nSPS) is 10.2. The molecule has 8 nitrogen and oxygen atoms in total. The molecule has 0 saturated carbocycles. The summed E-state index contributed by atoms with van der Waals surface area (Å²) in [5.74, 6) is 0.350. The molecule has 2 N–H and O–H groups in total. The van der Waals surface area contributed by atoms with Gasteiger partial charge in [-0.1, -0.05) is 0 Å². The Morgan fingerprint density at radius 1 is 0.647 bits per heavy atom. The molecule has 0 fully saturated rings. The SMILES string of the molecule is CCOC(=O)c1cc(Nc2ccc(OC)cc2)c(C(=O)OCC)cc1Nc1ccc(OC)cc1. The second-order valence-electron chi connectivity index (χ2n) is 7.09. The van der Waals surface area contributed by atoms with Gasteiger partial charge >= 0.3 is 11.9 Å². The number of nitrogens with one attached hydrogen (secondary N) is 2.